The van der Waals surface area contributed by atoms with Gasteiger partial charge in [0.05, 0.1) is 7.11 Å². The molecule has 2 aromatic rings. The first-order valence-corrected chi connectivity index (χ1v) is 10.5. The van der Waals surface area contributed by atoms with E-state index < -0.39 is 0 Å². The fraction of sp³-hybridized carbons (Fsp3) is 0.500. The number of aryl methyl sites for hydroxylation is 2. The molecule has 0 aliphatic carbocycles. The molecular formula is C24H34N2O2. The highest BCUT2D eigenvalue weighted by atomic mass is 16.5. The minimum absolute atomic E-state index is 0.769. The molecule has 4 nitrogen and oxygen atoms in total. The Bertz CT molecular complexity index is 677. The van der Waals surface area contributed by atoms with Crippen LogP contribution in [0.1, 0.15) is 24.0 Å². The molecule has 1 fully saturated rings. The summed E-state index contributed by atoms with van der Waals surface area (Å²) in [7, 11) is 1.71. The van der Waals surface area contributed by atoms with Gasteiger partial charge >= 0.3 is 0 Å². The highest BCUT2D eigenvalue weighted by molar-refractivity contribution is 5.27. The van der Waals surface area contributed by atoms with Gasteiger partial charge in [-0.15, -0.1) is 0 Å². The minimum Gasteiger partial charge on any atom is -0.497 e. The van der Waals surface area contributed by atoms with E-state index in [0.29, 0.717) is 0 Å². The molecule has 152 valence electrons. The fourth-order valence-corrected chi connectivity index (χ4v) is 3.62. The summed E-state index contributed by atoms with van der Waals surface area (Å²) in [5, 5.41) is 0. The van der Waals surface area contributed by atoms with Gasteiger partial charge in [0.1, 0.15) is 18.1 Å². The van der Waals surface area contributed by atoms with Gasteiger partial charge in [-0.3, -0.25) is 4.90 Å². The minimum atomic E-state index is 0.769. The van der Waals surface area contributed by atoms with Crippen molar-refractivity contribution in [1.82, 2.24) is 9.80 Å². The lowest BCUT2D eigenvalue weighted by atomic mass is 10.1. The van der Waals surface area contributed by atoms with E-state index in [2.05, 4.69) is 65.3 Å². The average Bonchev–Trinajstić information content (AvgIpc) is 2.74. The standard InChI is InChI=1S/C24H34N2O2/c1-21-6-10-24(11-7-21)28-20-19-26-17-15-25(16-18-26)14-4-3-5-22-8-12-23(27-2)13-9-22/h6-13H,3-5,14-20H2,1-2H3. The van der Waals surface area contributed by atoms with Crippen molar-refractivity contribution < 1.29 is 9.47 Å². The average molecular weight is 383 g/mol. The molecule has 3 rings (SSSR count). The first kappa shape index (κ1) is 20.7. The predicted molar refractivity (Wildman–Crippen MR) is 115 cm³/mol. The van der Waals surface area contributed by atoms with Gasteiger partial charge in [0.15, 0.2) is 0 Å². The molecule has 1 saturated heterocycles. The summed E-state index contributed by atoms with van der Waals surface area (Å²) in [5.74, 6) is 1.91. The Kier molecular flexibility index (Phi) is 8.19. The van der Waals surface area contributed by atoms with Crippen molar-refractivity contribution in [2.75, 3.05) is 53.0 Å². The number of benzene rings is 2. The molecule has 28 heavy (non-hydrogen) atoms. The van der Waals surface area contributed by atoms with Crippen molar-refractivity contribution >= 4 is 0 Å². The number of methoxy groups -OCH3 is 1. The molecule has 2 aromatic carbocycles. The molecule has 0 bridgehead atoms. The van der Waals surface area contributed by atoms with E-state index in [1.165, 1.54) is 43.6 Å². The Balaban J connectivity index is 1.24. The van der Waals surface area contributed by atoms with Crippen LogP contribution >= 0.6 is 0 Å². The SMILES string of the molecule is COc1ccc(CCCCN2CCN(CCOc3ccc(C)cc3)CC2)cc1. The van der Waals surface area contributed by atoms with Gasteiger partial charge in [0.25, 0.3) is 0 Å². The zero-order chi connectivity index (χ0) is 19.6. The van der Waals surface area contributed by atoms with Crippen molar-refractivity contribution in [3.05, 3.63) is 59.7 Å². The van der Waals surface area contributed by atoms with Crippen molar-refractivity contribution in [3.8, 4) is 11.5 Å². The third-order valence-corrected chi connectivity index (χ3v) is 5.51. The molecule has 1 aliphatic heterocycles. The zero-order valence-electron chi connectivity index (χ0n) is 17.4. The quantitative estimate of drug-likeness (QED) is 0.580. The second-order valence-electron chi connectivity index (χ2n) is 7.65. The van der Waals surface area contributed by atoms with Crippen LogP contribution in [0, 0.1) is 6.92 Å². The first-order chi connectivity index (χ1) is 13.7. The van der Waals surface area contributed by atoms with E-state index in [9.17, 15) is 0 Å². The molecule has 0 amide bonds. The Labute approximate surface area is 170 Å². The Morgan fingerprint density at radius 2 is 1.36 bits per heavy atom. The number of hydrogen-bond donors (Lipinski definition) is 0. The van der Waals surface area contributed by atoms with E-state index in [-0.39, 0.29) is 0 Å². The Hall–Kier alpha value is -2.04. The van der Waals surface area contributed by atoms with Gasteiger partial charge in [-0.25, -0.2) is 0 Å². The second-order valence-corrected chi connectivity index (χ2v) is 7.65. The summed E-state index contributed by atoms with van der Waals surface area (Å²) in [4.78, 5) is 5.12. The van der Waals surface area contributed by atoms with Gasteiger partial charge in [0, 0.05) is 32.7 Å². The van der Waals surface area contributed by atoms with Crippen LogP contribution in [0.15, 0.2) is 48.5 Å². The maximum atomic E-state index is 5.86. The number of ether oxygens (including phenoxy) is 2. The van der Waals surface area contributed by atoms with Crippen molar-refractivity contribution in [2.45, 2.75) is 26.2 Å². The van der Waals surface area contributed by atoms with Crippen LogP contribution in [0.2, 0.25) is 0 Å². The van der Waals surface area contributed by atoms with Gasteiger partial charge < -0.3 is 14.4 Å². The maximum absolute atomic E-state index is 5.86. The van der Waals surface area contributed by atoms with Crippen molar-refractivity contribution in [2.24, 2.45) is 0 Å². The van der Waals surface area contributed by atoms with Crippen LogP contribution in [0.25, 0.3) is 0 Å². The van der Waals surface area contributed by atoms with Crippen LogP contribution in [0.5, 0.6) is 11.5 Å². The summed E-state index contributed by atoms with van der Waals surface area (Å²) in [6.07, 6.45) is 3.67. The lowest BCUT2D eigenvalue weighted by molar-refractivity contribution is 0.116. The molecule has 0 N–H and O–H groups in total. The third-order valence-electron chi connectivity index (χ3n) is 5.51. The molecular weight excluding hydrogens is 348 g/mol. The summed E-state index contributed by atoms with van der Waals surface area (Å²) in [6, 6.07) is 16.8. The third kappa shape index (κ3) is 6.84. The molecule has 0 unspecified atom stereocenters. The van der Waals surface area contributed by atoms with E-state index in [0.717, 1.165) is 44.2 Å². The Morgan fingerprint density at radius 1 is 0.750 bits per heavy atom. The number of rotatable bonds is 10. The maximum Gasteiger partial charge on any atom is 0.119 e. The topological polar surface area (TPSA) is 24.9 Å². The lowest BCUT2D eigenvalue weighted by Gasteiger charge is -2.34. The molecule has 0 aromatic heterocycles. The first-order valence-electron chi connectivity index (χ1n) is 10.5. The second kappa shape index (κ2) is 11.1. The van der Waals surface area contributed by atoms with Crippen LogP contribution in [0.4, 0.5) is 0 Å². The number of piperazine rings is 1. The molecule has 4 heteroatoms. The normalized spacial score (nSPS) is 15.5. The van der Waals surface area contributed by atoms with E-state index in [4.69, 9.17) is 9.47 Å². The highest BCUT2D eigenvalue weighted by Crippen LogP contribution is 2.14. The monoisotopic (exact) mass is 382 g/mol. The smallest absolute Gasteiger partial charge is 0.119 e. The predicted octanol–water partition coefficient (Wildman–Crippen LogP) is 4.02. The zero-order valence-corrected chi connectivity index (χ0v) is 17.4. The van der Waals surface area contributed by atoms with E-state index in [1.54, 1.807) is 7.11 Å². The van der Waals surface area contributed by atoms with Crippen molar-refractivity contribution in [3.63, 3.8) is 0 Å². The van der Waals surface area contributed by atoms with Crippen LogP contribution in [-0.2, 0) is 6.42 Å². The summed E-state index contributed by atoms with van der Waals surface area (Å²) in [6.45, 7) is 9.74. The highest BCUT2D eigenvalue weighted by Gasteiger charge is 2.16. The van der Waals surface area contributed by atoms with Gasteiger partial charge in [-0.05, 0) is 62.6 Å². The van der Waals surface area contributed by atoms with Crippen molar-refractivity contribution in [1.29, 1.82) is 0 Å². The van der Waals surface area contributed by atoms with Crippen LogP contribution in [0.3, 0.4) is 0 Å². The number of unbranched alkanes of at least 4 members (excludes halogenated alkanes) is 1. The molecule has 1 aliphatic rings. The van der Waals surface area contributed by atoms with E-state index in [1.807, 2.05) is 0 Å². The van der Waals surface area contributed by atoms with Gasteiger partial charge in [-0.2, -0.15) is 0 Å². The molecule has 0 atom stereocenters. The summed E-state index contributed by atoms with van der Waals surface area (Å²) < 4.78 is 11.1. The van der Waals surface area contributed by atoms with Gasteiger partial charge in [0.2, 0.25) is 0 Å². The largest absolute Gasteiger partial charge is 0.497 e. The lowest BCUT2D eigenvalue weighted by Crippen LogP contribution is -2.47. The van der Waals surface area contributed by atoms with Gasteiger partial charge in [-0.1, -0.05) is 29.8 Å². The van der Waals surface area contributed by atoms with Crippen LogP contribution in [-0.4, -0.2) is 62.8 Å². The summed E-state index contributed by atoms with van der Waals surface area (Å²) >= 11 is 0. The molecule has 0 saturated carbocycles. The number of hydrogen-bond acceptors (Lipinski definition) is 4. The number of nitrogens with zero attached hydrogens (tertiary/aromatic N) is 2. The summed E-state index contributed by atoms with van der Waals surface area (Å²) in [5.41, 5.74) is 2.67. The Morgan fingerprint density at radius 3 is 2.00 bits per heavy atom. The van der Waals surface area contributed by atoms with Crippen LogP contribution < -0.4 is 9.47 Å². The fourth-order valence-electron chi connectivity index (χ4n) is 3.62. The molecule has 1 heterocycles. The molecule has 0 radical (unpaired) electrons. The molecule has 0 spiro atoms. The van der Waals surface area contributed by atoms with E-state index >= 15 is 0 Å².